The highest BCUT2D eigenvalue weighted by atomic mass is 16.3. The number of para-hydroxylation sites is 1. The molecular formula is C14H14N4O. The molecule has 0 saturated carbocycles. The monoisotopic (exact) mass is 254 g/mol. The maximum absolute atomic E-state index is 9.87. The molecule has 3 aromatic rings. The predicted octanol–water partition coefficient (Wildman–Crippen LogP) is 2.10. The number of hydrogen-bond donors (Lipinski definition) is 3. The molecule has 5 heteroatoms. The van der Waals surface area contributed by atoms with E-state index in [0.717, 1.165) is 33.5 Å². The molecule has 0 radical (unpaired) electrons. The van der Waals surface area contributed by atoms with Crippen molar-refractivity contribution < 1.29 is 5.11 Å². The highest BCUT2D eigenvalue weighted by Gasteiger charge is 2.14. The van der Waals surface area contributed by atoms with Gasteiger partial charge in [-0.15, -0.1) is 0 Å². The van der Waals surface area contributed by atoms with Gasteiger partial charge in [-0.05, 0) is 13.0 Å². The molecule has 2 heterocycles. The van der Waals surface area contributed by atoms with E-state index in [0.29, 0.717) is 6.54 Å². The van der Waals surface area contributed by atoms with Gasteiger partial charge < -0.3 is 15.8 Å². The minimum atomic E-state index is 0.231. The van der Waals surface area contributed by atoms with Gasteiger partial charge >= 0.3 is 0 Å². The molecule has 96 valence electrons. The van der Waals surface area contributed by atoms with Gasteiger partial charge in [0.05, 0.1) is 23.1 Å². The number of benzene rings is 1. The van der Waals surface area contributed by atoms with Gasteiger partial charge in [0, 0.05) is 29.4 Å². The van der Waals surface area contributed by atoms with Gasteiger partial charge in [0.1, 0.15) is 5.75 Å². The number of phenols is 1. The Morgan fingerprint density at radius 3 is 2.95 bits per heavy atom. The van der Waals surface area contributed by atoms with E-state index in [-0.39, 0.29) is 5.75 Å². The van der Waals surface area contributed by atoms with Crippen LogP contribution in [-0.2, 0) is 6.54 Å². The molecule has 0 fully saturated rings. The number of aromatic nitrogens is 3. The Balaban J connectivity index is 2.30. The Morgan fingerprint density at radius 2 is 2.16 bits per heavy atom. The Morgan fingerprint density at radius 1 is 1.32 bits per heavy atom. The Bertz CT molecular complexity index is 748. The van der Waals surface area contributed by atoms with Crippen LogP contribution in [0.15, 0.2) is 30.6 Å². The number of nitrogens with two attached hydrogens (primary N) is 1. The summed E-state index contributed by atoms with van der Waals surface area (Å²) in [5.74, 6) is 0.231. The summed E-state index contributed by atoms with van der Waals surface area (Å²) in [6.07, 6.45) is 3.37. The normalized spacial score (nSPS) is 11.1. The van der Waals surface area contributed by atoms with Crippen LogP contribution in [0.2, 0.25) is 0 Å². The van der Waals surface area contributed by atoms with Crippen LogP contribution < -0.4 is 5.73 Å². The van der Waals surface area contributed by atoms with Gasteiger partial charge in [-0.25, -0.2) is 4.98 Å². The summed E-state index contributed by atoms with van der Waals surface area (Å²) < 4.78 is 0. The second-order valence-corrected chi connectivity index (χ2v) is 4.42. The zero-order valence-electron chi connectivity index (χ0n) is 10.5. The second-order valence-electron chi connectivity index (χ2n) is 4.42. The number of aromatic hydroxyl groups is 1. The number of nitrogens with zero attached hydrogens (tertiary/aromatic N) is 2. The summed E-state index contributed by atoms with van der Waals surface area (Å²) in [5.41, 5.74) is 9.71. The minimum Gasteiger partial charge on any atom is -0.506 e. The average molecular weight is 254 g/mol. The molecule has 2 aromatic heterocycles. The third-order valence-electron chi connectivity index (χ3n) is 3.15. The van der Waals surface area contributed by atoms with Gasteiger partial charge in [0.2, 0.25) is 0 Å². The van der Waals surface area contributed by atoms with Crippen LogP contribution in [0.1, 0.15) is 11.4 Å². The standard InChI is InChI=1S/C14H14N4O/c1-8-13(11-7-16-6-9(5-15)18-11)10-3-2-4-12(19)14(10)17-8/h2-4,6-7,17,19H,5,15H2,1H3. The smallest absolute Gasteiger partial charge is 0.139 e. The first-order valence-corrected chi connectivity index (χ1v) is 6.02. The lowest BCUT2D eigenvalue weighted by atomic mass is 10.1. The van der Waals surface area contributed by atoms with Crippen molar-refractivity contribution in [1.82, 2.24) is 15.0 Å². The largest absolute Gasteiger partial charge is 0.506 e. The molecule has 4 N–H and O–H groups in total. The zero-order valence-corrected chi connectivity index (χ0v) is 10.5. The number of fused-ring (bicyclic) bond motifs is 1. The molecular weight excluding hydrogens is 240 g/mol. The van der Waals surface area contributed by atoms with Crippen molar-refractivity contribution in [3.8, 4) is 17.0 Å². The first-order valence-electron chi connectivity index (χ1n) is 6.02. The van der Waals surface area contributed by atoms with Gasteiger partial charge in [0.15, 0.2) is 0 Å². The lowest BCUT2D eigenvalue weighted by molar-refractivity contribution is 0.480. The first kappa shape index (κ1) is 11.7. The molecule has 0 atom stereocenters. The van der Waals surface area contributed by atoms with Crippen LogP contribution in [0.5, 0.6) is 5.75 Å². The van der Waals surface area contributed by atoms with Crippen LogP contribution in [0.25, 0.3) is 22.2 Å². The Kier molecular flexibility index (Phi) is 2.68. The fraction of sp³-hybridized carbons (Fsp3) is 0.143. The Labute approximate surface area is 110 Å². The van der Waals surface area contributed by atoms with E-state index in [2.05, 4.69) is 15.0 Å². The van der Waals surface area contributed by atoms with Crippen molar-refractivity contribution in [2.75, 3.05) is 0 Å². The molecule has 3 rings (SSSR count). The zero-order chi connectivity index (χ0) is 13.4. The lowest BCUT2D eigenvalue weighted by Crippen LogP contribution is -2.01. The van der Waals surface area contributed by atoms with Crippen molar-refractivity contribution in [2.45, 2.75) is 13.5 Å². The van der Waals surface area contributed by atoms with E-state index >= 15 is 0 Å². The topological polar surface area (TPSA) is 87.8 Å². The number of nitrogens with one attached hydrogen (secondary N) is 1. The fourth-order valence-electron chi connectivity index (χ4n) is 2.29. The first-order chi connectivity index (χ1) is 9.20. The lowest BCUT2D eigenvalue weighted by Gasteiger charge is -2.03. The van der Waals surface area contributed by atoms with E-state index in [9.17, 15) is 5.11 Å². The predicted molar refractivity (Wildman–Crippen MR) is 73.6 cm³/mol. The summed E-state index contributed by atoms with van der Waals surface area (Å²) in [6.45, 7) is 2.30. The number of phenolic OH excluding ortho intramolecular Hbond substituents is 1. The minimum absolute atomic E-state index is 0.231. The quantitative estimate of drug-likeness (QED) is 0.653. The van der Waals surface area contributed by atoms with Gasteiger partial charge in [-0.3, -0.25) is 4.98 Å². The summed E-state index contributed by atoms with van der Waals surface area (Å²) in [5, 5.41) is 10.8. The summed E-state index contributed by atoms with van der Waals surface area (Å²) >= 11 is 0. The van der Waals surface area contributed by atoms with E-state index in [1.165, 1.54) is 0 Å². The van der Waals surface area contributed by atoms with Gasteiger partial charge in [0.25, 0.3) is 0 Å². The summed E-state index contributed by atoms with van der Waals surface area (Å²) in [7, 11) is 0. The fourth-order valence-corrected chi connectivity index (χ4v) is 2.29. The van der Waals surface area contributed by atoms with Crippen molar-refractivity contribution in [3.05, 3.63) is 42.0 Å². The second kappa shape index (κ2) is 4.37. The maximum atomic E-state index is 9.87. The third kappa shape index (κ3) is 1.84. The molecule has 1 aromatic carbocycles. The molecule has 0 spiro atoms. The van der Waals surface area contributed by atoms with Crippen molar-refractivity contribution >= 4 is 10.9 Å². The summed E-state index contributed by atoms with van der Waals surface area (Å²) in [6, 6.07) is 5.42. The van der Waals surface area contributed by atoms with Gasteiger partial charge in [-0.1, -0.05) is 12.1 Å². The number of hydrogen-bond acceptors (Lipinski definition) is 4. The number of aromatic amines is 1. The Hall–Kier alpha value is -2.40. The molecule has 0 aliphatic carbocycles. The molecule has 0 aliphatic heterocycles. The number of rotatable bonds is 2. The van der Waals surface area contributed by atoms with E-state index in [4.69, 9.17) is 5.73 Å². The van der Waals surface area contributed by atoms with Crippen LogP contribution >= 0.6 is 0 Å². The molecule has 0 aliphatic rings. The molecule has 0 bridgehead atoms. The van der Waals surface area contributed by atoms with E-state index in [1.807, 2.05) is 19.1 Å². The van der Waals surface area contributed by atoms with Gasteiger partial charge in [-0.2, -0.15) is 0 Å². The molecule has 5 nitrogen and oxygen atoms in total. The SMILES string of the molecule is Cc1[nH]c2c(O)cccc2c1-c1cncc(CN)n1. The third-order valence-corrected chi connectivity index (χ3v) is 3.15. The molecule has 19 heavy (non-hydrogen) atoms. The van der Waals surface area contributed by atoms with Crippen LogP contribution in [-0.4, -0.2) is 20.1 Å². The van der Waals surface area contributed by atoms with Crippen LogP contribution in [0.3, 0.4) is 0 Å². The average Bonchev–Trinajstić information content (AvgIpc) is 2.77. The van der Waals surface area contributed by atoms with Crippen molar-refractivity contribution in [1.29, 1.82) is 0 Å². The van der Waals surface area contributed by atoms with Crippen LogP contribution in [0, 0.1) is 6.92 Å². The molecule has 0 unspecified atom stereocenters. The number of H-pyrrole nitrogens is 1. The van der Waals surface area contributed by atoms with Crippen molar-refractivity contribution in [3.63, 3.8) is 0 Å². The highest BCUT2D eigenvalue weighted by Crippen LogP contribution is 2.34. The maximum Gasteiger partial charge on any atom is 0.139 e. The van der Waals surface area contributed by atoms with Crippen LogP contribution in [0.4, 0.5) is 0 Å². The van der Waals surface area contributed by atoms with Crippen molar-refractivity contribution in [2.24, 2.45) is 5.73 Å². The highest BCUT2D eigenvalue weighted by molar-refractivity contribution is 5.99. The van der Waals surface area contributed by atoms with E-state index in [1.54, 1.807) is 18.5 Å². The molecule has 0 amide bonds. The molecule has 0 saturated heterocycles. The van der Waals surface area contributed by atoms with E-state index < -0.39 is 0 Å². The summed E-state index contributed by atoms with van der Waals surface area (Å²) in [4.78, 5) is 11.8. The number of aryl methyl sites for hydroxylation is 1.